The highest BCUT2D eigenvalue weighted by molar-refractivity contribution is 6.30. The van der Waals surface area contributed by atoms with Gasteiger partial charge < -0.3 is 19.3 Å². The van der Waals surface area contributed by atoms with E-state index in [9.17, 15) is 18.0 Å². The van der Waals surface area contributed by atoms with Crippen LogP contribution in [0, 0.1) is 5.82 Å². The number of hydrogen-bond acceptors (Lipinski definition) is 8. The molecule has 3 aliphatic heterocycles. The molecule has 0 aliphatic carbocycles. The molecule has 5 heterocycles. The number of carbonyl (C=O) groups excluding carboxylic acids is 1. The molecule has 3 saturated heterocycles. The minimum absolute atomic E-state index is 0.00465. The van der Waals surface area contributed by atoms with E-state index in [-0.39, 0.29) is 42.4 Å². The summed E-state index contributed by atoms with van der Waals surface area (Å²) in [7, 11) is 0. The van der Waals surface area contributed by atoms with Gasteiger partial charge in [-0.3, -0.25) is 4.90 Å². The van der Waals surface area contributed by atoms with Gasteiger partial charge in [0.2, 0.25) is 0 Å². The summed E-state index contributed by atoms with van der Waals surface area (Å²) in [5.74, 6) is -0.938. The van der Waals surface area contributed by atoms with E-state index in [1.54, 1.807) is 20.8 Å². The number of alkyl halides is 3. The Morgan fingerprint density at radius 2 is 2.05 bits per heavy atom. The van der Waals surface area contributed by atoms with Crippen LogP contribution in [0.1, 0.15) is 46.5 Å². The van der Waals surface area contributed by atoms with Crippen molar-refractivity contribution >= 4 is 34.4 Å². The molecule has 0 spiro atoms. The predicted molar refractivity (Wildman–Crippen MR) is 140 cm³/mol. The van der Waals surface area contributed by atoms with Crippen molar-refractivity contribution in [2.75, 3.05) is 44.2 Å². The minimum atomic E-state index is -2.76. The van der Waals surface area contributed by atoms with Crippen LogP contribution in [0.5, 0.6) is 6.01 Å². The van der Waals surface area contributed by atoms with E-state index >= 15 is 4.39 Å². The quantitative estimate of drug-likeness (QED) is 0.335. The summed E-state index contributed by atoms with van der Waals surface area (Å²) < 4.78 is 68.6. The fourth-order valence-corrected chi connectivity index (χ4v) is 6.11. The zero-order valence-corrected chi connectivity index (χ0v) is 23.4. The number of rotatable bonds is 7. The number of anilines is 1. The highest BCUT2D eigenvalue weighted by Crippen LogP contribution is 2.41. The molecule has 5 rings (SSSR count). The highest BCUT2D eigenvalue weighted by atomic mass is 35.5. The van der Waals surface area contributed by atoms with E-state index in [0.717, 1.165) is 19.4 Å². The molecule has 0 radical (unpaired) electrons. The van der Waals surface area contributed by atoms with Crippen molar-refractivity contribution in [3.8, 4) is 6.01 Å². The van der Waals surface area contributed by atoms with Crippen LogP contribution in [-0.2, 0) is 4.74 Å². The largest absolute Gasteiger partial charge is 0.461 e. The van der Waals surface area contributed by atoms with E-state index in [4.69, 9.17) is 21.1 Å². The van der Waals surface area contributed by atoms with Gasteiger partial charge in [0.15, 0.2) is 11.0 Å². The summed E-state index contributed by atoms with van der Waals surface area (Å²) in [4.78, 5) is 30.0. The van der Waals surface area contributed by atoms with E-state index in [2.05, 4.69) is 15.0 Å². The number of halogens is 5. The van der Waals surface area contributed by atoms with Gasteiger partial charge in [-0.25, -0.2) is 27.3 Å². The minimum Gasteiger partial charge on any atom is -0.461 e. The van der Waals surface area contributed by atoms with Crippen LogP contribution in [0.25, 0.3) is 10.9 Å². The molecule has 0 bridgehead atoms. The second-order valence-corrected chi connectivity index (χ2v) is 12.1. The second kappa shape index (κ2) is 11.0. The summed E-state index contributed by atoms with van der Waals surface area (Å²) in [6.45, 7) is 6.02. The smallest absolute Gasteiger partial charge is 0.410 e. The van der Waals surface area contributed by atoms with Gasteiger partial charge >= 0.3 is 12.1 Å². The van der Waals surface area contributed by atoms with Crippen molar-refractivity contribution in [3.05, 3.63) is 17.2 Å². The summed E-state index contributed by atoms with van der Waals surface area (Å²) in [5, 5.41) is -0.354. The number of aromatic nitrogens is 3. The molecule has 3 atom stereocenters. The van der Waals surface area contributed by atoms with Gasteiger partial charge in [-0.05, 0) is 46.6 Å². The van der Waals surface area contributed by atoms with Crippen LogP contribution in [0.4, 0.5) is 28.2 Å². The molecule has 9 nitrogen and oxygen atoms in total. The Morgan fingerprint density at radius 1 is 1.27 bits per heavy atom. The number of ether oxygens (including phenoxy) is 2. The molecule has 3 aliphatic rings. The first-order valence-electron chi connectivity index (χ1n) is 13.4. The number of likely N-dealkylation sites (tertiary alicyclic amines) is 1. The summed E-state index contributed by atoms with van der Waals surface area (Å²) >= 11 is 5.93. The lowest BCUT2D eigenvalue weighted by atomic mass is 9.95. The number of pyridine rings is 1. The lowest BCUT2D eigenvalue weighted by Crippen LogP contribution is -2.44. The Balaban J connectivity index is 1.48. The summed E-state index contributed by atoms with van der Waals surface area (Å²) in [6, 6.07) is -0.800. The fourth-order valence-electron chi connectivity index (χ4n) is 5.98. The second-order valence-electron chi connectivity index (χ2n) is 11.7. The Hall–Kier alpha value is -2.67. The number of hydrogen-bond donors (Lipinski definition) is 0. The molecule has 220 valence electrons. The average Bonchev–Trinajstić information content (AvgIpc) is 3.57. The zero-order valence-electron chi connectivity index (χ0n) is 22.7. The van der Waals surface area contributed by atoms with Gasteiger partial charge in [-0.2, -0.15) is 9.97 Å². The van der Waals surface area contributed by atoms with E-state index in [1.807, 2.05) is 4.90 Å². The Kier molecular flexibility index (Phi) is 7.90. The maximum absolute atomic E-state index is 15.2. The normalized spacial score (nSPS) is 25.2. The van der Waals surface area contributed by atoms with Crippen molar-refractivity contribution in [3.63, 3.8) is 0 Å². The Labute approximate surface area is 234 Å². The molecule has 14 heteroatoms. The van der Waals surface area contributed by atoms with E-state index in [1.165, 1.54) is 16.0 Å². The van der Waals surface area contributed by atoms with Crippen molar-refractivity contribution < 1.29 is 31.8 Å². The van der Waals surface area contributed by atoms with Crippen LogP contribution in [-0.4, -0.2) is 100.0 Å². The molecule has 3 fully saturated rings. The first kappa shape index (κ1) is 28.8. The van der Waals surface area contributed by atoms with Crippen molar-refractivity contribution in [1.82, 2.24) is 24.8 Å². The van der Waals surface area contributed by atoms with Gasteiger partial charge in [-0.15, -0.1) is 0 Å². The van der Waals surface area contributed by atoms with E-state index in [0.29, 0.717) is 19.4 Å². The molecule has 2 aromatic heterocycles. The monoisotopic (exact) mass is 588 g/mol. The number of carbonyl (C=O) groups is 1. The molecule has 0 N–H and O–H groups in total. The van der Waals surface area contributed by atoms with E-state index < -0.39 is 53.4 Å². The van der Waals surface area contributed by atoms with Crippen molar-refractivity contribution in [2.45, 2.75) is 76.2 Å². The van der Waals surface area contributed by atoms with Gasteiger partial charge in [0, 0.05) is 32.3 Å². The number of fused-ring (bicyclic) bond motifs is 2. The van der Waals surface area contributed by atoms with Crippen LogP contribution in [0.3, 0.4) is 0 Å². The SMILES string of the molecule is CC(C)(C)OC(=O)N1CC[C@@H](N(CC(F)F)c2nc(OC[C@@]34CCCN3C[C@H](F)C4)nc3c(F)c(Cl)ncc23)C1. The average molecular weight is 589 g/mol. The van der Waals surface area contributed by atoms with Crippen molar-refractivity contribution in [2.24, 2.45) is 0 Å². The highest BCUT2D eigenvalue weighted by Gasteiger charge is 2.49. The Morgan fingerprint density at radius 3 is 2.77 bits per heavy atom. The predicted octanol–water partition coefficient (Wildman–Crippen LogP) is 4.85. The molecule has 40 heavy (non-hydrogen) atoms. The molecule has 0 aromatic carbocycles. The molecule has 0 unspecified atom stereocenters. The fraction of sp³-hybridized carbons (Fsp3) is 0.692. The third-order valence-corrected chi connectivity index (χ3v) is 7.96. The maximum Gasteiger partial charge on any atom is 0.410 e. The molecular weight excluding hydrogens is 556 g/mol. The van der Waals surface area contributed by atoms with Gasteiger partial charge in [0.05, 0.1) is 23.5 Å². The van der Waals surface area contributed by atoms with Crippen LogP contribution >= 0.6 is 11.6 Å². The maximum atomic E-state index is 15.2. The standard InChI is InChI=1S/C26H33ClF4N6O3/c1-25(2,3)40-24(38)35-8-5-16(12-35)37(13-18(29)30)22-17-10-32-21(27)19(31)20(17)33-23(34-22)39-14-26-6-4-7-36(26)11-15(28)9-26/h10,15-16,18H,4-9,11-14H2,1-3H3/t15-,16-,26+/m1/s1. The van der Waals surface area contributed by atoms with Crippen molar-refractivity contribution in [1.29, 1.82) is 0 Å². The number of amides is 1. The summed E-state index contributed by atoms with van der Waals surface area (Å²) in [6.07, 6.45) is -0.763. The van der Waals surface area contributed by atoms with Crippen LogP contribution in [0.15, 0.2) is 6.20 Å². The molecule has 0 saturated carbocycles. The first-order chi connectivity index (χ1) is 18.8. The topological polar surface area (TPSA) is 83.9 Å². The third kappa shape index (κ3) is 5.86. The summed E-state index contributed by atoms with van der Waals surface area (Å²) in [5.41, 5.74) is -1.46. The van der Waals surface area contributed by atoms with Crippen LogP contribution < -0.4 is 9.64 Å². The van der Waals surface area contributed by atoms with Gasteiger partial charge in [0.1, 0.15) is 29.7 Å². The molecular formula is C26H33ClF4N6O3. The Bertz CT molecular complexity index is 1270. The number of nitrogens with zero attached hydrogens (tertiary/aromatic N) is 6. The third-order valence-electron chi connectivity index (χ3n) is 7.69. The molecule has 1 amide bonds. The molecule has 2 aromatic rings. The lowest BCUT2D eigenvalue weighted by molar-refractivity contribution is 0.0292. The van der Waals surface area contributed by atoms with Crippen LogP contribution in [0.2, 0.25) is 5.15 Å². The zero-order chi connectivity index (χ0) is 28.8. The van der Waals surface area contributed by atoms with Gasteiger partial charge in [0.25, 0.3) is 6.43 Å². The van der Waals surface area contributed by atoms with Gasteiger partial charge in [-0.1, -0.05) is 11.6 Å². The lowest BCUT2D eigenvalue weighted by Gasteiger charge is -2.32. The first-order valence-corrected chi connectivity index (χ1v) is 13.8.